The average Bonchev–Trinajstić information content (AvgIpc) is 3.07. The van der Waals surface area contributed by atoms with Gasteiger partial charge < -0.3 is 14.1 Å². The summed E-state index contributed by atoms with van der Waals surface area (Å²) in [6.45, 7) is -0.0537. The van der Waals surface area contributed by atoms with Crippen molar-refractivity contribution < 1.29 is 13.9 Å². The van der Waals surface area contributed by atoms with Gasteiger partial charge in [-0.1, -0.05) is 6.07 Å². The van der Waals surface area contributed by atoms with E-state index in [-0.39, 0.29) is 18.4 Å². The highest BCUT2D eigenvalue weighted by molar-refractivity contribution is 5.80. The molecule has 2 heterocycles. The van der Waals surface area contributed by atoms with Gasteiger partial charge >= 0.3 is 6.01 Å². The molecule has 116 valence electrons. The van der Waals surface area contributed by atoms with Crippen LogP contribution in [0.25, 0.3) is 22.1 Å². The summed E-state index contributed by atoms with van der Waals surface area (Å²) in [6, 6.07) is 10.0. The number of rotatable bonds is 3. The number of imidazole rings is 1. The predicted molar refractivity (Wildman–Crippen MR) is 83.9 cm³/mol. The maximum Gasteiger partial charge on any atom is 0.302 e. The van der Waals surface area contributed by atoms with Crippen molar-refractivity contribution in [3.63, 3.8) is 0 Å². The molecule has 0 amide bonds. The molecule has 2 aromatic heterocycles. The largest absolute Gasteiger partial charge is 0.423 e. The number of aliphatic hydroxyl groups excluding tert-OH is 1. The van der Waals surface area contributed by atoms with E-state index in [0.29, 0.717) is 22.6 Å². The second-order valence-electron chi connectivity index (χ2n) is 5.23. The van der Waals surface area contributed by atoms with Gasteiger partial charge in [0, 0.05) is 13.1 Å². The molecule has 4 rings (SSSR count). The summed E-state index contributed by atoms with van der Waals surface area (Å²) in [5.74, 6) is 0.167. The van der Waals surface area contributed by atoms with Crippen molar-refractivity contribution in [2.24, 2.45) is 7.05 Å². The lowest BCUT2D eigenvalue weighted by Crippen LogP contribution is -1.98. The Hall–Kier alpha value is -2.93. The van der Waals surface area contributed by atoms with Crippen molar-refractivity contribution in [1.82, 2.24) is 14.5 Å². The normalized spacial score (nSPS) is 11.4. The van der Waals surface area contributed by atoms with Crippen LogP contribution >= 0.6 is 0 Å². The Morgan fingerprint density at radius 3 is 2.87 bits per heavy atom. The fraction of sp³-hybridized carbons (Fsp3) is 0.125. The van der Waals surface area contributed by atoms with Gasteiger partial charge in [0.2, 0.25) is 5.95 Å². The van der Waals surface area contributed by atoms with Crippen LogP contribution in [0.5, 0.6) is 0 Å². The van der Waals surface area contributed by atoms with Crippen LogP contribution in [0, 0.1) is 5.82 Å². The third-order valence-electron chi connectivity index (χ3n) is 3.70. The van der Waals surface area contributed by atoms with E-state index >= 15 is 0 Å². The number of hydrogen-bond acceptors (Lipinski definition) is 5. The highest BCUT2D eigenvalue weighted by atomic mass is 19.1. The Morgan fingerprint density at radius 1 is 1.17 bits per heavy atom. The molecule has 2 N–H and O–H groups in total. The first-order valence-corrected chi connectivity index (χ1v) is 7.03. The van der Waals surface area contributed by atoms with E-state index in [0.717, 1.165) is 11.1 Å². The lowest BCUT2D eigenvalue weighted by molar-refractivity contribution is 0.282. The molecule has 0 bridgehead atoms. The van der Waals surface area contributed by atoms with E-state index in [1.54, 1.807) is 28.8 Å². The minimum Gasteiger partial charge on any atom is -0.423 e. The van der Waals surface area contributed by atoms with Gasteiger partial charge in [-0.2, -0.15) is 4.98 Å². The number of aromatic nitrogens is 3. The van der Waals surface area contributed by atoms with E-state index in [2.05, 4.69) is 15.3 Å². The molecule has 0 saturated heterocycles. The van der Waals surface area contributed by atoms with Crippen molar-refractivity contribution in [3.05, 3.63) is 47.8 Å². The molecule has 23 heavy (non-hydrogen) atoms. The Balaban J connectivity index is 1.74. The number of nitrogens with zero attached hydrogens (tertiary/aromatic N) is 3. The van der Waals surface area contributed by atoms with Crippen molar-refractivity contribution in [2.45, 2.75) is 6.61 Å². The number of fused-ring (bicyclic) bond motifs is 2. The van der Waals surface area contributed by atoms with Crippen LogP contribution in [0.1, 0.15) is 5.56 Å². The summed E-state index contributed by atoms with van der Waals surface area (Å²) in [7, 11) is 1.82. The molecule has 2 aromatic carbocycles. The summed E-state index contributed by atoms with van der Waals surface area (Å²) >= 11 is 0. The van der Waals surface area contributed by atoms with Crippen LogP contribution in [0.2, 0.25) is 0 Å². The molecule has 0 saturated carbocycles. The summed E-state index contributed by atoms with van der Waals surface area (Å²) in [5, 5.41) is 12.2. The first kappa shape index (κ1) is 13.7. The zero-order chi connectivity index (χ0) is 16.0. The minimum atomic E-state index is -0.333. The smallest absolute Gasteiger partial charge is 0.302 e. The number of halogens is 1. The molecule has 0 unspecified atom stereocenters. The van der Waals surface area contributed by atoms with Crippen LogP contribution in [0.4, 0.5) is 16.4 Å². The van der Waals surface area contributed by atoms with Gasteiger partial charge in [0.05, 0.1) is 17.6 Å². The molecular formula is C16H13FN4O2. The van der Waals surface area contributed by atoms with Gasteiger partial charge in [-0.15, -0.1) is 0 Å². The van der Waals surface area contributed by atoms with Gasteiger partial charge in [-0.05, 0) is 29.8 Å². The topological polar surface area (TPSA) is 76.1 Å². The van der Waals surface area contributed by atoms with Gasteiger partial charge in [0.25, 0.3) is 0 Å². The van der Waals surface area contributed by atoms with Crippen LogP contribution < -0.4 is 5.32 Å². The number of aryl methyl sites for hydroxylation is 1. The second-order valence-corrected chi connectivity index (χ2v) is 5.23. The number of anilines is 2. The van der Waals surface area contributed by atoms with E-state index < -0.39 is 0 Å². The van der Waals surface area contributed by atoms with Gasteiger partial charge in [0.1, 0.15) is 11.3 Å². The SMILES string of the molecule is Cn1c(Nc2nc3cc(CO)ccc3o2)nc2cc(F)ccc21. The minimum absolute atomic E-state index is 0.0537. The summed E-state index contributed by atoms with van der Waals surface area (Å²) in [4.78, 5) is 8.67. The molecule has 0 fully saturated rings. The summed E-state index contributed by atoms with van der Waals surface area (Å²) in [5.41, 5.74) is 3.36. The predicted octanol–water partition coefficient (Wildman–Crippen LogP) is 3.09. The zero-order valence-electron chi connectivity index (χ0n) is 12.2. The number of nitrogens with one attached hydrogen (secondary N) is 1. The monoisotopic (exact) mass is 312 g/mol. The van der Waals surface area contributed by atoms with Gasteiger partial charge in [-0.3, -0.25) is 5.32 Å². The molecule has 4 aromatic rings. The van der Waals surface area contributed by atoms with E-state index in [1.165, 1.54) is 12.1 Å². The third kappa shape index (κ3) is 2.31. The van der Waals surface area contributed by atoms with E-state index in [9.17, 15) is 4.39 Å². The molecule has 0 radical (unpaired) electrons. The zero-order valence-corrected chi connectivity index (χ0v) is 12.2. The lowest BCUT2D eigenvalue weighted by atomic mass is 10.2. The number of benzene rings is 2. The molecule has 0 aliphatic heterocycles. The van der Waals surface area contributed by atoms with Crippen molar-refractivity contribution in [3.8, 4) is 0 Å². The van der Waals surface area contributed by atoms with Gasteiger partial charge in [0.15, 0.2) is 5.58 Å². The molecular weight excluding hydrogens is 299 g/mol. The summed E-state index contributed by atoms with van der Waals surface area (Å²) in [6.07, 6.45) is 0. The highest BCUT2D eigenvalue weighted by Gasteiger charge is 2.12. The summed E-state index contributed by atoms with van der Waals surface area (Å²) < 4.78 is 20.7. The Bertz CT molecular complexity index is 1020. The first-order valence-electron chi connectivity index (χ1n) is 7.03. The van der Waals surface area contributed by atoms with Crippen molar-refractivity contribution in [1.29, 1.82) is 0 Å². The highest BCUT2D eigenvalue weighted by Crippen LogP contribution is 2.25. The fourth-order valence-corrected chi connectivity index (χ4v) is 2.51. The second kappa shape index (κ2) is 5.06. The number of hydrogen-bond donors (Lipinski definition) is 2. The van der Waals surface area contributed by atoms with Crippen LogP contribution in [-0.2, 0) is 13.7 Å². The molecule has 0 aliphatic rings. The maximum atomic E-state index is 13.3. The molecule has 7 heteroatoms. The van der Waals surface area contributed by atoms with Crippen LogP contribution in [0.15, 0.2) is 40.8 Å². The molecule has 0 atom stereocenters. The Kier molecular flexibility index (Phi) is 3.02. The van der Waals surface area contributed by atoms with E-state index in [1.807, 2.05) is 7.05 Å². The maximum absolute atomic E-state index is 13.3. The van der Waals surface area contributed by atoms with Crippen LogP contribution in [-0.4, -0.2) is 19.6 Å². The van der Waals surface area contributed by atoms with Crippen molar-refractivity contribution in [2.75, 3.05) is 5.32 Å². The Labute approximate surface area is 130 Å². The standard InChI is InChI=1S/C16H13FN4O2/c1-21-13-4-3-10(17)7-11(13)18-15(21)20-16-19-12-6-9(8-22)2-5-14(12)23-16/h2-7,22H,8H2,1H3,(H,18,19,20). The van der Waals surface area contributed by atoms with Gasteiger partial charge in [-0.25, -0.2) is 9.37 Å². The number of oxazole rings is 1. The molecule has 0 aliphatic carbocycles. The first-order chi connectivity index (χ1) is 11.1. The molecule has 6 nitrogen and oxygen atoms in total. The third-order valence-corrected chi connectivity index (χ3v) is 3.70. The van der Waals surface area contributed by atoms with Crippen molar-refractivity contribution >= 4 is 34.1 Å². The van der Waals surface area contributed by atoms with E-state index in [4.69, 9.17) is 9.52 Å². The quantitative estimate of drug-likeness (QED) is 0.608. The van der Waals surface area contributed by atoms with Crippen LogP contribution in [0.3, 0.4) is 0 Å². The molecule has 0 spiro atoms. The number of aliphatic hydroxyl groups is 1. The Morgan fingerprint density at radius 2 is 2.04 bits per heavy atom. The average molecular weight is 312 g/mol. The lowest BCUT2D eigenvalue weighted by Gasteiger charge is -2.01. The fourth-order valence-electron chi connectivity index (χ4n) is 2.51.